The van der Waals surface area contributed by atoms with E-state index in [2.05, 4.69) is 15.3 Å². The van der Waals surface area contributed by atoms with Crippen molar-refractivity contribution in [3.8, 4) is 0 Å². The molecule has 0 aliphatic heterocycles. The van der Waals surface area contributed by atoms with Crippen molar-refractivity contribution in [2.75, 3.05) is 11.9 Å². The molecule has 1 N–H and O–H groups in total. The first kappa shape index (κ1) is 11.1. The Bertz CT molecular complexity index is 379. The molecular weight excluding hydrogens is 192 g/mol. The van der Waals surface area contributed by atoms with Gasteiger partial charge in [0, 0.05) is 24.1 Å². The van der Waals surface area contributed by atoms with E-state index in [4.69, 9.17) is 5.53 Å². The van der Waals surface area contributed by atoms with Crippen LogP contribution in [0.2, 0.25) is 0 Å². The molecule has 0 fully saturated rings. The fourth-order valence-corrected chi connectivity index (χ4v) is 1.18. The molecule has 0 aromatic heterocycles. The second-order valence-electron chi connectivity index (χ2n) is 3.08. The molecule has 0 unspecified atom stereocenters. The van der Waals surface area contributed by atoms with Gasteiger partial charge in [-0.3, -0.25) is 4.79 Å². The number of hydrogen-bond donors (Lipinski definition) is 1. The van der Waals surface area contributed by atoms with Crippen LogP contribution < -0.4 is 5.32 Å². The lowest BCUT2D eigenvalue weighted by Gasteiger charge is -2.03. The van der Waals surface area contributed by atoms with Crippen molar-refractivity contribution in [3.63, 3.8) is 0 Å². The summed E-state index contributed by atoms with van der Waals surface area (Å²) in [5.41, 5.74) is 9.95. The van der Waals surface area contributed by atoms with Crippen molar-refractivity contribution in [2.45, 2.75) is 13.3 Å². The molecule has 0 saturated carbocycles. The van der Waals surface area contributed by atoms with Crippen LogP contribution in [0.3, 0.4) is 0 Å². The highest BCUT2D eigenvalue weighted by atomic mass is 16.1. The molecule has 0 spiro atoms. The van der Waals surface area contributed by atoms with E-state index in [0.717, 1.165) is 11.3 Å². The van der Waals surface area contributed by atoms with Gasteiger partial charge in [-0.25, -0.2) is 0 Å². The van der Waals surface area contributed by atoms with Crippen LogP contribution in [0.5, 0.6) is 0 Å². The maximum absolute atomic E-state index is 10.7. The van der Waals surface area contributed by atoms with Crippen LogP contribution in [0.4, 0.5) is 5.69 Å². The van der Waals surface area contributed by atoms with Crippen LogP contribution >= 0.6 is 0 Å². The van der Waals surface area contributed by atoms with Gasteiger partial charge < -0.3 is 5.32 Å². The van der Waals surface area contributed by atoms with E-state index in [-0.39, 0.29) is 5.91 Å². The van der Waals surface area contributed by atoms with E-state index < -0.39 is 0 Å². The third-order valence-electron chi connectivity index (χ3n) is 1.84. The topological polar surface area (TPSA) is 77.9 Å². The van der Waals surface area contributed by atoms with Gasteiger partial charge in [0.25, 0.3) is 0 Å². The maximum atomic E-state index is 10.7. The Morgan fingerprint density at radius 3 is 2.67 bits per heavy atom. The summed E-state index contributed by atoms with van der Waals surface area (Å²) in [6.07, 6.45) is 0.713. The third kappa shape index (κ3) is 4.15. The molecule has 5 heteroatoms. The average molecular weight is 204 g/mol. The Morgan fingerprint density at radius 2 is 2.13 bits per heavy atom. The Hall–Kier alpha value is -2.00. The SMILES string of the molecule is CC(=O)Nc1ccc(CCN=[N+]=[N-])cc1. The molecule has 15 heavy (non-hydrogen) atoms. The molecule has 0 heterocycles. The number of carbonyl (C=O) groups is 1. The molecule has 1 amide bonds. The maximum Gasteiger partial charge on any atom is 0.221 e. The van der Waals surface area contributed by atoms with Crippen molar-refractivity contribution >= 4 is 11.6 Å². The number of nitrogens with one attached hydrogen (secondary N) is 1. The van der Waals surface area contributed by atoms with Crippen molar-refractivity contribution in [2.24, 2.45) is 5.11 Å². The summed E-state index contributed by atoms with van der Waals surface area (Å²) >= 11 is 0. The van der Waals surface area contributed by atoms with E-state index in [1.807, 2.05) is 24.3 Å². The zero-order chi connectivity index (χ0) is 11.1. The molecule has 0 aliphatic carbocycles. The Balaban J connectivity index is 2.55. The van der Waals surface area contributed by atoms with Gasteiger partial charge in [0.05, 0.1) is 0 Å². The second kappa shape index (κ2) is 5.67. The standard InChI is InChI=1S/C10H12N4O/c1-8(15)13-10-4-2-9(3-5-10)6-7-12-14-11/h2-5H,6-7H2,1H3,(H,13,15). The lowest BCUT2D eigenvalue weighted by atomic mass is 10.1. The third-order valence-corrected chi connectivity index (χ3v) is 1.84. The molecule has 0 aliphatic rings. The minimum Gasteiger partial charge on any atom is -0.326 e. The Kier molecular flexibility index (Phi) is 4.19. The summed E-state index contributed by atoms with van der Waals surface area (Å²) in [5, 5.41) is 6.13. The number of benzene rings is 1. The Labute approximate surface area is 87.7 Å². The molecule has 5 nitrogen and oxygen atoms in total. The van der Waals surface area contributed by atoms with Gasteiger partial charge in [0.2, 0.25) is 5.91 Å². The zero-order valence-electron chi connectivity index (χ0n) is 8.47. The van der Waals surface area contributed by atoms with E-state index in [9.17, 15) is 4.79 Å². The van der Waals surface area contributed by atoms with Crippen molar-refractivity contribution in [3.05, 3.63) is 40.3 Å². The van der Waals surface area contributed by atoms with Gasteiger partial charge in [0.1, 0.15) is 0 Å². The van der Waals surface area contributed by atoms with Gasteiger partial charge >= 0.3 is 0 Å². The van der Waals surface area contributed by atoms with E-state index in [1.165, 1.54) is 6.92 Å². The van der Waals surface area contributed by atoms with Crippen molar-refractivity contribution in [1.82, 2.24) is 0 Å². The smallest absolute Gasteiger partial charge is 0.221 e. The van der Waals surface area contributed by atoms with E-state index in [1.54, 1.807) is 0 Å². The molecule has 1 aromatic carbocycles. The fraction of sp³-hybridized carbons (Fsp3) is 0.300. The van der Waals surface area contributed by atoms with Crippen LogP contribution in [-0.2, 0) is 11.2 Å². The average Bonchev–Trinajstić information content (AvgIpc) is 2.20. The zero-order valence-corrected chi connectivity index (χ0v) is 8.47. The number of nitrogens with zero attached hydrogens (tertiary/aromatic N) is 3. The molecule has 0 bridgehead atoms. The molecule has 0 saturated heterocycles. The monoisotopic (exact) mass is 204 g/mol. The highest BCUT2D eigenvalue weighted by Crippen LogP contribution is 2.09. The predicted octanol–water partition coefficient (Wildman–Crippen LogP) is 2.50. The highest BCUT2D eigenvalue weighted by molar-refractivity contribution is 5.88. The minimum atomic E-state index is -0.0863. The van der Waals surface area contributed by atoms with Crippen molar-refractivity contribution in [1.29, 1.82) is 0 Å². The van der Waals surface area contributed by atoms with Crippen LogP contribution in [0, 0.1) is 0 Å². The summed E-state index contributed by atoms with van der Waals surface area (Å²) in [6.45, 7) is 1.92. The van der Waals surface area contributed by atoms with Gasteiger partial charge in [0.15, 0.2) is 0 Å². The summed E-state index contributed by atoms with van der Waals surface area (Å²) in [6, 6.07) is 7.45. The van der Waals surface area contributed by atoms with Crippen molar-refractivity contribution < 1.29 is 4.79 Å². The molecular formula is C10H12N4O. The first-order valence-corrected chi connectivity index (χ1v) is 4.60. The van der Waals surface area contributed by atoms with Gasteiger partial charge in [-0.2, -0.15) is 0 Å². The summed E-state index contributed by atoms with van der Waals surface area (Å²) in [5.74, 6) is -0.0863. The molecule has 78 valence electrons. The quantitative estimate of drug-likeness (QED) is 0.456. The first-order chi connectivity index (χ1) is 7.22. The lowest BCUT2D eigenvalue weighted by Crippen LogP contribution is -2.05. The summed E-state index contributed by atoms with van der Waals surface area (Å²) < 4.78 is 0. The summed E-state index contributed by atoms with van der Waals surface area (Å²) in [7, 11) is 0. The Morgan fingerprint density at radius 1 is 1.47 bits per heavy atom. The van der Waals surface area contributed by atoms with Crippen LogP contribution in [0.1, 0.15) is 12.5 Å². The molecule has 0 radical (unpaired) electrons. The van der Waals surface area contributed by atoms with Crippen LogP contribution in [-0.4, -0.2) is 12.5 Å². The minimum absolute atomic E-state index is 0.0863. The number of rotatable bonds is 4. The molecule has 0 atom stereocenters. The molecule has 1 rings (SSSR count). The van der Waals surface area contributed by atoms with Gasteiger partial charge in [-0.1, -0.05) is 17.2 Å². The van der Waals surface area contributed by atoms with E-state index in [0.29, 0.717) is 13.0 Å². The molecule has 1 aromatic rings. The normalized spacial score (nSPS) is 9.13. The highest BCUT2D eigenvalue weighted by Gasteiger charge is 1.95. The predicted molar refractivity (Wildman–Crippen MR) is 58.5 cm³/mol. The van der Waals surface area contributed by atoms with Gasteiger partial charge in [-0.05, 0) is 29.6 Å². The number of amides is 1. The first-order valence-electron chi connectivity index (χ1n) is 4.60. The fourth-order valence-electron chi connectivity index (χ4n) is 1.18. The number of carbonyl (C=O) groups excluding carboxylic acids is 1. The summed E-state index contributed by atoms with van der Waals surface area (Å²) in [4.78, 5) is 13.4. The number of hydrogen-bond acceptors (Lipinski definition) is 2. The number of anilines is 1. The number of azide groups is 1. The van der Waals surface area contributed by atoms with Crippen LogP contribution in [0.15, 0.2) is 29.4 Å². The van der Waals surface area contributed by atoms with Crippen LogP contribution in [0.25, 0.3) is 10.4 Å². The lowest BCUT2D eigenvalue weighted by molar-refractivity contribution is -0.114. The second-order valence-corrected chi connectivity index (χ2v) is 3.08. The largest absolute Gasteiger partial charge is 0.326 e. The van der Waals surface area contributed by atoms with Gasteiger partial charge in [-0.15, -0.1) is 0 Å². The van der Waals surface area contributed by atoms with E-state index >= 15 is 0 Å².